The number of amides is 1. The van der Waals surface area contributed by atoms with E-state index < -0.39 is 11.5 Å². The van der Waals surface area contributed by atoms with Gasteiger partial charge in [-0.25, -0.2) is 4.79 Å². The molecule has 0 heterocycles. The van der Waals surface area contributed by atoms with Gasteiger partial charge in [0.05, 0.1) is 13.2 Å². The Morgan fingerprint density at radius 2 is 1.84 bits per heavy atom. The van der Waals surface area contributed by atoms with Gasteiger partial charge in [0.2, 0.25) is 0 Å². The van der Waals surface area contributed by atoms with Crippen LogP contribution in [0.2, 0.25) is 0 Å². The molecule has 5 heteroatoms. The number of aliphatic hydroxyl groups excluding tert-OH is 2. The van der Waals surface area contributed by atoms with Crippen LogP contribution in [0, 0.1) is 5.41 Å². The van der Waals surface area contributed by atoms with Crippen LogP contribution < -0.4 is 0 Å². The highest BCUT2D eigenvalue weighted by atomic mass is 16.6. The van der Waals surface area contributed by atoms with Crippen LogP contribution in [0.3, 0.4) is 0 Å². The molecule has 0 spiro atoms. The molecule has 19 heavy (non-hydrogen) atoms. The molecule has 0 atom stereocenters. The molecule has 1 aromatic carbocycles. The average molecular weight is 267 g/mol. The van der Waals surface area contributed by atoms with E-state index in [-0.39, 0.29) is 26.4 Å². The largest absolute Gasteiger partial charge is 0.445 e. The molecular weight excluding hydrogens is 246 g/mol. The van der Waals surface area contributed by atoms with Crippen LogP contribution >= 0.6 is 0 Å². The number of carbonyl (C=O) groups excluding carboxylic acids is 1. The van der Waals surface area contributed by atoms with Gasteiger partial charge >= 0.3 is 6.09 Å². The fourth-order valence-electron chi connectivity index (χ4n) is 1.62. The van der Waals surface area contributed by atoms with Crippen molar-refractivity contribution in [3.63, 3.8) is 0 Å². The third kappa shape index (κ3) is 4.89. The second-order valence-corrected chi connectivity index (χ2v) is 5.02. The minimum Gasteiger partial charge on any atom is -0.445 e. The van der Waals surface area contributed by atoms with Gasteiger partial charge in [0.15, 0.2) is 0 Å². The van der Waals surface area contributed by atoms with Gasteiger partial charge < -0.3 is 19.8 Å². The number of carbonyl (C=O) groups is 1. The van der Waals surface area contributed by atoms with Crippen LogP contribution in [-0.4, -0.2) is 48.0 Å². The van der Waals surface area contributed by atoms with Crippen molar-refractivity contribution < 1.29 is 19.7 Å². The maximum Gasteiger partial charge on any atom is 0.409 e. The maximum atomic E-state index is 11.8. The summed E-state index contributed by atoms with van der Waals surface area (Å²) in [5.41, 5.74) is 0.192. The second kappa shape index (κ2) is 7.11. The Labute approximate surface area is 113 Å². The Morgan fingerprint density at radius 3 is 2.37 bits per heavy atom. The van der Waals surface area contributed by atoms with E-state index in [0.717, 1.165) is 5.56 Å². The van der Waals surface area contributed by atoms with E-state index in [1.54, 1.807) is 14.0 Å². The number of hydrogen-bond donors (Lipinski definition) is 2. The fraction of sp³-hybridized carbons (Fsp3) is 0.500. The van der Waals surface area contributed by atoms with Gasteiger partial charge in [0, 0.05) is 19.0 Å². The summed E-state index contributed by atoms with van der Waals surface area (Å²) in [7, 11) is 1.58. The molecule has 0 aromatic heterocycles. The SMILES string of the molecule is CN(CC(C)(CO)CO)C(=O)OCc1ccccc1. The first-order valence-electron chi connectivity index (χ1n) is 6.14. The number of benzene rings is 1. The summed E-state index contributed by atoms with van der Waals surface area (Å²) in [4.78, 5) is 13.1. The van der Waals surface area contributed by atoms with Crippen LogP contribution in [0.25, 0.3) is 0 Å². The summed E-state index contributed by atoms with van der Waals surface area (Å²) < 4.78 is 5.15. The van der Waals surface area contributed by atoms with Crippen molar-refractivity contribution in [1.82, 2.24) is 4.90 Å². The highest BCUT2D eigenvalue weighted by Crippen LogP contribution is 2.16. The number of aliphatic hydroxyl groups is 2. The summed E-state index contributed by atoms with van der Waals surface area (Å²) in [5.74, 6) is 0. The third-order valence-corrected chi connectivity index (χ3v) is 2.90. The summed E-state index contributed by atoms with van der Waals surface area (Å²) >= 11 is 0. The lowest BCUT2D eigenvalue weighted by Gasteiger charge is -2.29. The standard InChI is InChI=1S/C14H21NO4/c1-14(10-16,11-17)9-15(2)13(18)19-8-12-6-4-3-5-7-12/h3-7,16-17H,8-11H2,1-2H3. The van der Waals surface area contributed by atoms with Crippen LogP contribution in [0.1, 0.15) is 12.5 Å². The molecule has 0 aliphatic carbocycles. The molecule has 0 aliphatic rings. The van der Waals surface area contributed by atoms with Gasteiger partial charge in [0.25, 0.3) is 0 Å². The normalized spacial score (nSPS) is 11.2. The van der Waals surface area contributed by atoms with Crippen molar-refractivity contribution in [1.29, 1.82) is 0 Å². The Bertz CT molecular complexity index is 390. The molecule has 1 aromatic rings. The van der Waals surface area contributed by atoms with Crippen molar-refractivity contribution in [2.75, 3.05) is 26.8 Å². The van der Waals surface area contributed by atoms with Crippen LogP contribution in [0.4, 0.5) is 4.79 Å². The highest BCUT2D eigenvalue weighted by molar-refractivity contribution is 5.67. The monoisotopic (exact) mass is 267 g/mol. The first kappa shape index (κ1) is 15.5. The Kier molecular flexibility index (Phi) is 5.79. The van der Waals surface area contributed by atoms with E-state index >= 15 is 0 Å². The van der Waals surface area contributed by atoms with Gasteiger partial charge in [-0.2, -0.15) is 0 Å². The Morgan fingerprint density at radius 1 is 1.26 bits per heavy atom. The fourth-order valence-corrected chi connectivity index (χ4v) is 1.62. The molecule has 0 radical (unpaired) electrons. The third-order valence-electron chi connectivity index (χ3n) is 2.90. The molecule has 0 saturated carbocycles. The second-order valence-electron chi connectivity index (χ2n) is 5.02. The van der Waals surface area contributed by atoms with Crippen LogP contribution in [0.15, 0.2) is 30.3 Å². The van der Waals surface area contributed by atoms with Gasteiger partial charge in [0.1, 0.15) is 6.61 Å². The molecule has 5 nitrogen and oxygen atoms in total. The first-order chi connectivity index (χ1) is 9.00. The van der Waals surface area contributed by atoms with E-state index in [0.29, 0.717) is 0 Å². The highest BCUT2D eigenvalue weighted by Gasteiger charge is 2.27. The summed E-state index contributed by atoms with van der Waals surface area (Å²) in [6.45, 7) is 1.75. The number of nitrogens with zero attached hydrogens (tertiary/aromatic N) is 1. The smallest absolute Gasteiger partial charge is 0.409 e. The van der Waals surface area contributed by atoms with Gasteiger partial charge in [-0.15, -0.1) is 0 Å². The molecule has 0 aliphatic heterocycles. The van der Waals surface area contributed by atoms with E-state index in [1.807, 2.05) is 30.3 Å². The molecule has 0 bridgehead atoms. The van der Waals surface area contributed by atoms with Gasteiger partial charge in [-0.3, -0.25) is 0 Å². The lowest BCUT2D eigenvalue weighted by atomic mass is 9.93. The van der Waals surface area contributed by atoms with Crippen molar-refractivity contribution in [3.05, 3.63) is 35.9 Å². The van der Waals surface area contributed by atoms with E-state index in [2.05, 4.69) is 0 Å². The first-order valence-corrected chi connectivity index (χ1v) is 6.14. The topological polar surface area (TPSA) is 70.0 Å². The summed E-state index contributed by atoms with van der Waals surface area (Å²) in [5, 5.41) is 18.4. The van der Waals surface area contributed by atoms with Crippen molar-refractivity contribution in [3.8, 4) is 0 Å². The number of rotatable bonds is 6. The summed E-state index contributed by atoms with van der Waals surface area (Å²) in [6.07, 6.45) is -0.475. The maximum absolute atomic E-state index is 11.8. The molecule has 1 amide bonds. The summed E-state index contributed by atoms with van der Waals surface area (Å²) in [6, 6.07) is 9.39. The minimum absolute atomic E-state index is 0.195. The zero-order chi connectivity index (χ0) is 14.3. The van der Waals surface area contributed by atoms with Crippen LogP contribution in [0.5, 0.6) is 0 Å². The van der Waals surface area contributed by atoms with Gasteiger partial charge in [-0.05, 0) is 5.56 Å². The molecule has 106 valence electrons. The average Bonchev–Trinajstić information content (AvgIpc) is 2.45. The van der Waals surface area contributed by atoms with Crippen molar-refractivity contribution >= 4 is 6.09 Å². The molecular formula is C14H21NO4. The van der Waals surface area contributed by atoms with Gasteiger partial charge in [-0.1, -0.05) is 37.3 Å². The molecule has 2 N–H and O–H groups in total. The number of ether oxygens (including phenoxy) is 1. The quantitative estimate of drug-likeness (QED) is 0.813. The Hall–Kier alpha value is -1.59. The molecule has 0 fully saturated rings. The molecule has 1 rings (SSSR count). The van der Waals surface area contributed by atoms with E-state index in [1.165, 1.54) is 4.90 Å². The van der Waals surface area contributed by atoms with Crippen molar-refractivity contribution in [2.24, 2.45) is 5.41 Å². The Balaban J connectivity index is 2.45. The minimum atomic E-state index is -0.722. The predicted molar refractivity (Wildman–Crippen MR) is 71.5 cm³/mol. The van der Waals surface area contributed by atoms with Crippen molar-refractivity contribution in [2.45, 2.75) is 13.5 Å². The van der Waals surface area contributed by atoms with E-state index in [9.17, 15) is 15.0 Å². The zero-order valence-corrected chi connectivity index (χ0v) is 11.4. The predicted octanol–water partition coefficient (Wildman–Crippen LogP) is 1.25. The van der Waals surface area contributed by atoms with E-state index in [4.69, 9.17) is 4.74 Å². The van der Waals surface area contributed by atoms with Crippen LogP contribution in [-0.2, 0) is 11.3 Å². The molecule has 0 saturated heterocycles. The molecule has 0 unspecified atom stereocenters. The lowest BCUT2D eigenvalue weighted by Crippen LogP contribution is -2.41. The zero-order valence-electron chi connectivity index (χ0n) is 11.4. The number of hydrogen-bond acceptors (Lipinski definition) is 4. The lowest BCUT2D eigenvalue weighted by molar-refractivity contribution is 0.0340.